The van der Waals surface area contributed by atoms with E-state index in [-0.39, 0.29) is 23.1 Å². The summed E-state index contributed by atoms with van der Waals surface area (Å²) in [6.45, 7) is 0. The summed E-state index contributed by atoms with van der Waals surface area (Å²) >= 11 is 5.88. The molecule has 0 saturated heterocycles. The average molecular weight is 390 g/mol. The van der Waals surface area contributed by atoms with E-state index in [4.69, 9.17) is 16.1 Å². The van der Waals surface area contributed by atoms with Gasteiger partial charge in [-0.05, 0) is 41.5 Å². The zero-order valence-electron chi connectivity index (χ0n) is 13.2. The molecular weight excluding hydrogens is 378 g/mol. The van der Waals surface area contributed by atoms with E-state index in [1.54, 1.807) is 30.3 Å². The molecule has 1 aliphatic rings. The maximum absolute atomic E-state index is 12.7. The van der Waals surface area contributed by atoms with Crippen LogP contribution in [0.15, 0.2) is 58.1 Å². The molecule has 0 saturated carbocycles. The van der Waals surface area contributed by atoms with Gasteiger partial charge in [-0.2, -0.15) is 0 Å². The van der Waals surface area contributed by atoms with Crippen LogP contribution in [0.4, 0.5) is 11.6 Å². The quantitative estimate of drug-likeness (QED) is 0.713. The molecule has 1 aromatic heterocycles. The van der Waals surface area contributed by atoms with Crippen molar-refractivity contribution in [3.05, 3.63) is 59.2 Å². The molecule has 2 N–H and O–H groups in total. The number of sulfonamides is 1. The van der Waals surface area contributed by atoms with E-state index in [2.05, 4.69) is 15.2 Å². The van der Waals surface area contributed by atoms with E-state index >= 15 is 0 Å². The topological polar surface area (TPSA) is 101 Å². The number of hydrogen-bond acceptors (Lipinski definition) is 5. The Morgan fingerprint density at radius 2 is 1.92 bits per heavy atom. The number of rotatable bonds is 4. The first kappa shape index (κ1) is 16.6. The molecule has 0 fully saturated rings. The van der Waals surface area contributed by atoms with Crippen LogP contribution in [-0.2, 0) is 21.2 Å². The summed E-state index contributed by atoms with van der Waals surface area (Å²) < 4.78 is 32.9. The minimum Gasteiger partial charge on any atom is -0.337 e. The largest absolute Gasteiger partial charge is 0.337 e. The van der Waals surface area contributed by atoms with Crippen molar-refractivity contribution in [2.45, 2.75) is 11.3 Å². The van der Waals surface area contributed by atoms with Gasteiger partial charge in [0.1, 0.15) is 0 Å². The molecule has 1 aliphatic heterocycles. The second kappa shape index (κ2) is 6.15. The minimum absolute atomic E-state index is 0.00187. The molecule has 9 heteroatoms. The van der Waals surface area contributed by atoms with Gasteiger partial charge in [0.2, 0.25) is 11.8 Å². The molecule has 26 heavy (non-hydrogen) atoms. The molecule has 2 aromatic carbocycles. The summed E-state index contributed by atoms with van der Waals surface area (Å²) in [6.07, 6.45) is 1.57. The lowest BCUT2D eigenvalue weighted by molar-refractivity contribution is -0.115. The number of benzene rings is 2. The van der Waals surface area contributed by atoms with Crippen LogP contribution in [0.2, 0.25) is 5.02 Å². The number of hydrogen-bond donors (Lipinski definition) is 2. The second-order valence-electron chi connectivity index (χ2n) is 5.72. The van der Waals surface area contributed by atoms with Gasteiger partial charge in [0, 0.05) is 10.7 Å². The van der Waals surface area contributed by atoms with Gasteiger partial charge in [-0.15, -0.1) is 0 Å². The van der Waals surface area contributed by atoms with Crippen molar-refractivity contribution < 1.29 is 17.7 Å². The van der Waals surface area contributed by atoms with Crippen LogP contribution in [0.25, 0.3) is 11.1 Å². The molecule has 0 bridgehead atoms. The normalized spacial score (nSPS) is 13.3. The van der Waals surface area contributed by atoms with Crippen LogP contribution in [0.3, 0.4) is 0 Å². The highest BCUT2D eigenvalue weighted by Gasteiger charge is 2.24. The van der Waals surface area contributed by atoms with E-state index in [0.717, 1.165) is 0 Å². The number of nitrogens with zero attached hydrogens (tertiary/aromatic N) is 1. The van der Waals surface area contributed by atoms with Crippen molar-refractivity contribution in [1.82, 2.24) is 5.16 Å². The maximum Gasteiger partial charge on any atom is 0.264 e. The van der Waals surface area contributed by atoms with Gasteiger partial charge >= 0.3 is 0 Å². The molecule has 7 nitrogen and oxygen atoms in total. The first-order valence-electron chi connectivity index (χ1n) is 7.58. The second-order valence-corrected chi connectivity index (χ2v) is 7.84. The first-order chi connectivity index (χ1) is 12.4. The van der Waals surface area contributed by atoms with Gasteiger partial charge in [0.05, 0.1) is 23.1 Å². The molecule has 0 spiro atoms. The van der Waals surface area contributed by atoms with E-state index in [1.807, 2.05) is 0 Å². The van der Waals surface area contributed by atoms with Crippen LogP contribution in [0, 0.1) is 0 Å². The number of aromatic nitrogens is 1. The molecule has 0 aliphatic carbocycles. The molecule has 132 valence electrons. The highest BCUT2D eigenvalue weighted by Crippen LogP contribution is 2.31. The molecular formula is C17H12ClN3O4S. The van der Waals surface area contributed by atoms with E-state index in [1.165, 1.54) is 18.3 Å². The average Bonchev–Trinajstić information content (AvgIpc) is 3.19. The van der Waals surface area contributed by atoms with E-state index in [0.29, 0.717) is 27.4 Å². The fraction of sp³-hybridized carbons (Fsp3) is 0.0588. The summed E-state index contributed by atoms with van der Waals surface area (Å²) in [5.74, 6) is -0.162. The van der Waals surface area contributed by atoms with Crippen LogP contribution in [0.5, 0.6) is 0 Å². The van der Waals surface area contributed by atoms with Gasteiger partial charge < -0.3 is 9.84 Å². The van der Waals surface area contributed by atoms with Gasteiger partial charge in [0.15, 0.2) is 0 Å². The predicted molar refractivity (Wildman–Crippen MR) is 96.5 cm³/mol. The monoisotopic (exact) mass is 389 g/mol. The Balaban J connectivity index is 1.66. The van der Waals surface area contributed by atoms with Crippen LogP contribution in [0.1, 0.15) is 5.56 Å². The Morgan fingerprint density at radius 1 is 1.15 bits per heavy atom. The Bertz CT molecular complexity index is 1110. The molecule has 0 atom stereocenters. The summed E-state index contributed by atoms with van der Waals surface area (Å²) in [6, 6.07) is 11.3. The Kier molecular flexibility index (Phi) is 3.93. The highest BCUT2D eigenvalue weighted by atomic mass is 35.5. The zero-order valence-corrected chi connectivity index (χ0v) is 14.8. The third-order valence-corrected chi connectivity index (χ3v) is 5.55. The molecule has 0 unspecified atom stereocenters. The molecule has 2 heterocycles. The van der Waals surface area contributed by atoms with Crippen molar-refractivity contribution in [2.75, 3.05) is 10.0 Å². The van der Waals surface area contributed by atoms with Crippen molar-refractivity contribution >= 4 is 39.1 Å². The fourth-order valence-electron chi connectivity index (χ4n) is 2.70. The Hall–Kier alpha value is -2.84. The molecule has 4 rings (SSSR count). The number of carbonyl (C=O) groups is 1. The third kappa shape index (κ3) is 3.04. The lowest BCUT2D eigenvalue weighted by Gasteiger charge is -2.08. The number of anilines is 2. The van der Waals surface area contributed by atoms with Crippen LogP contribution < -0.4 is 10.0 Å². The number of halogens is 1. The van der Waals surface area contributed by atoms with Crippen molar-refractivity contribution in [3.63, 3.8) is 0 Å². The zero-order chi connectivity index (χ0) is 18.3. The van der Waals surface area contributed by atoms with E-state index < -0.39 is 10.0 Å². The third-order valence-electron chi connectivity index (χ3n) is 3.96. The van der Waals surface area contributed by atoms with Crippen LogP contribution >= 0.6 is 11.6 Å². The van der Waals surface area contributed by atoms with E-state index in [9.17, 15) is 13.2 Å². The van der Waals surface area contributed by atoms with Gasteiger partial charge in [0.25, 0.3) is 10.0 Å². The van der Waals surface area contributed by atoms with Crippen LogP contribution in [-0.4, -0.2) is 19.5 Å². The summed E-state index contributed by atoms with van der Waals surface area (Å²) in [7, 11) is -3.91. The van der Waals surface area contributed by atoms with Gasteiger partial charge in [-0.1, -0.05) is 28.9 Å². The van der Waals surface area contributed by atoms with Gasteiger partial charge in [-0.3, -0.25) is 4.79 Å². The predicted octanol–water partition coefficient (Wildman–Crippen LogP) is 3.29. The summed E-state index contributed by atoms with van der Waals surface area (Å²) in [4.78, 5) is 11.5. The fourth-order valence-corrected chi connectivity index (χ4v) is 3.88. The number of fused-ring (bicyclic) bond motifs is 1. The number of nitrogens with one attached hydrogen (secondary N) is 2. The van der Waals surface area contributed by atoms with Gasteiger partial charge in [-0.25, -0.2) is 13.1 Å². The highest BCUT2D eigenvalue weighted by molar-refractivity contribution is 7.92. The Labute approximate surface area is 154 Å². The lowest BCUT2D eigenvalue weighted by Crippen LogP contribution is -2.13. The molecule has 1 amide bonds. The van der Waals surface area contributed by atoms with Crippen molar-refractivity contribution in [1.29, 1.82) is 0 Å². The summed E-state index contributed by atoms with van der Waals surface area (Å²) in [5, 5.41) is 6.90. The number of carbonyl (C=O) groups excluding carboxylic acids is 1. The van der Waals surface area contributed by atoms with Crippen molar-refractivity contribution in [3.8, 4) is 11.1 Å². The standard InChI is InChI=1S/C17H12ClN3O4S/c18-12-3-1-10(2-4-12)14-9-19-25-17(14)21-26(23,24)13-5-6-15-11(7-13)8-16(22)20-15/h1-7,9,21H,8H2,(H,20,22). The SMILES string of the molecule is O=C1Cc2cc(S(=O)(=O)Nc3oncc3-c3ccc(Cl)cc3)ccc2N1. The number of amides is 1. The maximum atomic E-state index is 12.7. The summed E-state index contributed by atoms with van der Waals surface area (Å²) in [5.41, 5.74) is 2.45. The first-order valence-corrected chi connectivity index (χ1v) is 9.45. The van der Waals surface area contributed by atoms with Crippen molar-refractivity contribution in [2.24, 2.45) is 0 Å². The molecule has 0 radical (unpaired) electrons. The smallest absolute Gasteiger partial charge is 0.264 e. The lowest BCUT2D eigenvalue weighted by atomic mass is 10.1. The minimum atomic E-state index is -3.91. The Morgan fingerprint density at radius 3 is 2.69 bits per heavy atom. The molecule has 3 aromatic rings.